The van der Waals surface area contributed by atoms with Gasteiger partial charge in [-0.15, -0.1) is 0 Å². The maximum atomic E-state index is 13.3. The molecular weight excluding hydrogens is 434 g/mol. The van der Waals surface area contributed by atoms with E-state index in [1.54, 1.807) is 22.6 Å². The van der Waals surface area contributed by atoms with Crippen molar-refractivity contribution in [3.05, 3.63) is 35.3 Å². The zero-order valence-electron chi connectivity index (χ0n) is 18.2. The van der Waals surface area contributed by atoms with Gasteiger partial charge in [-0.05, 0) is 49.8 Å². The molecule has 0 amide bonds. The monoisotopic (exact) mass is 465 g/mol. The molecule has 0 radical (unpaired) electrons. The highest BCUT2D eigenvalue weighted by atomic mass is 32.2. The summed E-state index contributed by atoms with van der Waals surface area (Å²) in [6.07, 6.45) is 6.46. The highest BCUT2D eigenvalue weighted by Crippen LogP contribution is 2.31. The van der Waals surface area contributed by atoms with E-state index in [2.05, 4.69) is 9.88 Å². The third kappa shape index (κ3) is 5.05. The maximum Gasteiger partial charge on any atom is 0.273 e. The largest absolute Gasteiger partial charge is 0.495 e. The van der Waals surface area contributed by atoms with Crippen molar-refractivity contribution in [2.45, 2.75) is 56.1 Å². The van der Waals surface area contributed by atoms with Gasteiger partial charge < -0.3 is 14.4 Å². The van der Waals surface area contributed by atoms with Crippen LogP contribution in [-0.2, 0) is 16.4 Å². The number of aromatic nitrogens is 1. The van der Waals surface area contributed by atoms with Crippen LogP contribution < -0.4 is 9.47 Å². The van der Waals surface area contributed by atoms with Crippen LogP contribution in [0.25, 0.3) is 0 Å². The number of benzene rings is 1. The van der Waals surface area contributed by atoms with Crippen molar-refractivity contribution < 1.29 is 17.9 Å². The predicted octanol–water partition coefficient (Wildman–Crippen LogP) is 3.41. The number of hydrogen-bond acceptors (Lipinski definition) is 7. The Morgan fingerprint density at radius 3 is 2.48 bits per heavy atom. The molecule has 4 rings (SSSR count). The van der Waals surface area contributed by atoms with Gasteiger partial charge in [0.15, 0.2) is 0 Å². The summed E-state index contributed by atoms with van der Waals surface area (Å²) in [4.78, 5) is 7.00. The first kappa shape index (κ1) is 22.5. The molecule has 0 spiro atoms. The van der Waals surface area contributed by atoms with E-state index in [1.807, 2.05) is 18.4 Å². The summed E-state index contributed by atoms with van der Waals surface area (Å²) in [5.74, 6) is 0.418. The van der Waals surface area contributed by atoms with Crippen LogP contribution in [0.4, 0.5) is 0 Å². The van der Waals surface area contributed by atoms with Crippen LogP contribution in [-0.4, -0.2) is 68.0 Å². The van der Waals surface area contributed by atoms with Crippen LogP contribution in [0.2, 0.25) is 0 Å². The van der Waals surface area contributed by atoms with E-state index in [1.165, 1.54) is 18.4 Å². The van der Waals surface area contributed by atoms with Gasteiger partial charge in [0.2, 0.25) is 10.0 Å². The smallest absolute Gasteiger partial charge is 0.273 e. The van der Waals surface area contributed by atoms with E-state index in [-0.39, 0.29) is 11.0 Å². The minimum Gasteiger partial charge on any atom is -0.495 e. The van der Waals surface area contributed by atoms with Gasteiger partial charge in [0, 0.05) is 43.8 Å². The molecule has 3 heterocycles. The third-order valence-electron chi connectivity index (χ3n) is 6.35. The van der Waals surface area contributed by atoms with Crippen molar-refractivity contribution >= 4 is 21.4 Å². The van der Waals surface area contributed by atoms with Gasteiger partial charge in [0.1, 0.15) is 16.7 Å². The van der Waals surface area contributed by atoms with Crippen molar-refractivity contribution in [1.29, 1.82) is 0 Å². The summed E-state index contributed by atoms with van der Waals surface area (Å²) in [5, 5.41) is 2.68. The SMILES string of the molecule is CCc1ccc(OC)c(S(=O)(=O)N2CCC(N3CCC(Oc4nccs4)CC3)CC2)c1. The molecule has 0 bridgehead atoms. The number of methoxy groups -OCH3 is 1. The lowest BCUT2D eigenvalue weighted by molar-refractivity contribution is 0.0584. The zero-order chi connectivity index (χ0) is 21.8. The molecule has 1 aromatic carbocycles. The third-order valence-corrected chi connectivity index (χ3v) is 8.93. The minimum absolute atomic E-state index is 0.223. The number of rotatable bonds is 7. The highest BCUT2D eigenvalue weighted by Gasteiger charge is 2.34. The maximum absolute atomic E-state index is 13.3. The molecule has 2 saturated heterocycles. The molecule has 0 saturated carbocycles. The summed E-state index contributed by atoms with van der Waals surface area (Å²) in [6.45, 7) is 5.08. The fourth-order valence-corrected chi connectivity index (χ4v) is 6.73. The van der Waals surface area contributed by atoms with Crippen molar-refractivity contribution in [3.8, 4) is 10.9 Å². The first-order chi connectivity index (χ1) is 15.0. The summed E-state index contributed by atoms with van der Waals surface area (Å²) in [6, 6.07) is 5.87. The lowest BCUT2D eigenvalue weighted by atomic mass is 10.00. The number of thiazole rings is 1. The van der Waals surface area contributed by atoms with E-state index >= 15 is 0 Å². The molecule has 2 aromatic rings. The molecule has 7 nitrogen and oxygen atoms in total. The second-order valence-corrected chi connectivity index (χ2v) is 10.9. The quantitative estimate of drug-likeness (QED) is 0.624. The summed E-state index contributed by atoms with van der Waals surface area (Å²) >= 11 is 1.53. The van der Waals surface area contributed by atoms with Crippen molar-refractivity contribution in [3.63, 3.8) is 0 Å². The van der Waals surface area contributed by atoms with Crippen LogP contribution >= 0.6 is 11.3 Å². The number of nitrogens with zero attached hydrogens (tertiary/aromatic N) is 3. The van der Waals surface area contributed by atoms with Crippen LogP contribution in [0.3, 0.4) is 0 Å². The predicted molar refractivity (Wildman–Crippen MR) is 121 cm³/mol. The van der Waals surface area contributed by atoms with Gasteiger partial charge in [-0.2, -0.15) is 4.31 Å². The second kappa shape index (κ2) is 9.85. The lowest BCUT2D eigenvalue weighted by Gasteiger charge is -2.41. The average Bonchev–Trinajstić information content (AvgIpc) is 3.32. The number of piperidine rings is 2. The summed E-state index contributed by atoms with van der Waals surface area (Å²) in [7, 11) is -2.04. The fourth-order valence-electron chi connectivity index (χ4n) is 4.50. The number of sulfonamides is 1. The molecule has 0 atom stereocenters. The summed E-state index contributed by atoms with van der Waals surface area (Å²) in [5.41, 5.74) is 0.997. The number of hydrogen-bond donors (Lipinski definition) is 0. The average molecular weight is 466 g/mol. The Morgan fingerprint density at radius 2 is 1.87 bits per heavy atom. The molecule has 2 fully saturated rings. The lowest BCUT2D eigenvalue weighted by Crippen LogP contribution is -2.50. The summed E-state index contributed by atoms with van der Waals surface area (Å²) < 4.78 is 39.6. The van der Waals surface area contributed by atoms with Crippen LogP contribution in [0.15, 0.2) is 34.7 Å². The van der Waals surface area contributed by atoms with Gasteiger partial charge in [-0.25, -0.2) is 13.4 Å². The van der Waals surface area contributed by atoms with E-state index in [0.29, 0.717) is 24.9 Å². The molecule has 170 valence electrons. The fraction of sp³-hybridized carbons (Fsp3) is 0.591. The minimum atomic E-state index is -3.57. The second-order valence-electron chi connectivity index (χ2n) is 8.13. The van der Waals surface area contributed by atoms with Gasteiger partial charge in [0.05, 0.1) is 7.11 Å². The highest BCUT2D eigenvalue weighted by molar-refractivity contribution is 7.89. The Labute approximate surface area is 189 Å². The van der Waals surface area contributed by atoms with E-state index in [0.717, 1.165) is 56.0 Å². The Hall–Kier alpha value is -1.68. The topological polar surface area (TPSA) is 72.0 Å². The van der Waals surface area contributed by atoms with Crippen molar-refractivity contribution in [2.24, 2.45) is 0 Å². The number of likely N-dealkylation sites (tertiary alicyclic amines) is 1. The Bertz CT molecular complexity index is 949. The van der Waals surface area contributed by atoms with Crippen molar-refractivity contribution in [2.75, 3.05) is 33.3 Å². The van der Waals surface area contributed by atoms with Crippen molar-refractivity contribution in [1.82, 2.24) is 14.2 Å². The van der Waals surface area contributed by atoms with E-state index < -0.39 is 10.0 Å². The Morgan fingerprint density at radius 1 is 1.13 bits per heavy atom. The van der Waals surface area contributed by atoms with Gasteiger partial charge >= 0.3 is 0 Å². The first-order valence-electron chi connectivity index (χ1n) is 11.0. The van der Waals surface area contributed by atoms with Gasteiger partial charge in [-0.1, -0.05) is 24.3 Å². The molecule has 31 heavy (non-hydrogen) atoms. The molecular formula is C22H31N3O4S2. The number of ether oxygens (including phenoxy) is 2. The first-order valence-corrected chi connectivity index (χ1v) is 13.3. The van der Waals surface area contributed by atoms with E-state index in [9.17, 15) is 8.42 Å². The number of aryl methyl sites for hydroxylation is 1. The Balaban J connectivity index is 1.33. The molecule has 2 aliphatic heterocycles. The normalized spacial score (nSPS) is 20.1. The molecule has 1 aromatic heterocycles. The van der Waals surface area contributed by atoms with Crippen LogP contribution in [0.1, 0.15) is 38.2 Å². The standard InChI is InChI=1S/C22H31N3O4S2/c1-3-17-4-5-20(28-2)21(16-17)31(26,27)25-13-6-18(7-14-25)24-11-8-19(9-12-24)29-22-23-10-15-30-22/h4-5,10,15-16,18-19H,3,6-9,11-14H2,1-2H3. The van der Waals surface area contributed by atoms with E-state index in [4.69, 9.17) is 9.47 Å². The van der Waals surface area contributed by atoms with Gasteiger partial charge in [-0.3, -0.25) is 0 Å². The molecule has 0 N–H and O–H groups in total. The molecule has 2 aliphatic rings. The molecule has 9 heteroatoms. The Kier molecular flexibility index (Phi) is 7.15. The molecule has 0 unspecified atom stereocenters. The zero-order valence-corrected chi connectivity index (χ0v) is 19.8. The van der Waals surface area contributed by atoms with Gasteiger partial charge in [0.25, 0.3) is 5.19 Å². The van der Waals surface area contributed by atoms with Crippen LogP contribution in [0, 0.1) is 0 Å². The van der Waals surface area contributed by atoms with Crippen LogP contribution in [0.5, 0.6) is 10.9 Å². The molecule has 0 aliphatic carbocycles.